The molecule has 54 valence electrons. The largest absolute Gasteiger partial charge is 0.364 e. The summed E-state index contributed by atoms with van der Waals surface area (Å²) in [6.45, 7) is 0.222. The van der Waals surface area contributed by atoms with E-state index in [1.54, 1.807) is 0 Å². The minimum Gasteiger partial charge on any atom is -0.364 e. The molecule has 1 rings (SSSR count). The van der Waals surface area contributed by atoms with Gasteiger partial charge in [0.05, 0.1) is 6.54 Å². The van der Waals surface area contributed by atoms with Gasteiger partial charge in [-0.2, -0.15) is 0 Å². The van der Waals surface area contributed by atoms with E-state index in [4.69, 9.17) is 11.5 Å². The lowest BCUT2D eigenvalue weighted by molar-refractivity contribution is 0.0991. The Bertz CT molecular complexity index is 243. The van der Waals surface area contributed by atoms with Crippen LogP contribution in [0.25, 0.3) is 0 Å². The van der Waals surface area contributed by atoms with Gasteiger partial charge >= 0.3 is 0 Å². The van der Waals surface area contributed by atoms with Crippen LogP contribution in [-0.2, 0) is 6.54 Å². The molecule has 4 N–H and O–H groups in total. The van der Waals surface area contributed by atoms with Crippen molar-refractivity contribution in [2.24, 2.45) is 11.5 Å². The van der Waals surface area contributed by atoms with Crippen LogP contribution in [0.2, 0.25) is 0 Å². The van der Waals surface area contributed by atoms with Crippen LogP contribution in [0.4, 0.5) is 0 Å². The lowest BCUT2D eigenvalue weighted by atomic mass is 10.3. The average Bonchev–Trinajstić information content (AvgIpc) is 2.34. The Labute approximate surface area is 57.0 Å². The van der Waals surface area contributed by atoms with Gasteiger partial charge in [0, 0.05) is 6.07 Å². The van der Waals surface area contributed by atoms with Gasteiger partial charge in [0.25, 0.3) is 5.91 Å². The molecule has 10 heavy (non-hydrogen) atoms. The summed E-state index contributed by atoms with van der Waals surface area (Å²) in [6, 6.07) is 1.42. The second-order valence-electron chi connectivity index (χ2n) is 1.75. The molecule has 0 unspecified atom stereocenters. The van der Waals surface area contributed by atoms with E-state index in [9.17, 15) is 4.79 Å². The zero-order valence-corrected chi connectivity index (χ0v) is 5.20. The van der Waals surface area contributed by atoms with E-state index in [-0.39, 0.29) is 12.2 Å². The number of carbonyl (C=O) groups excluding carboxylic acids is 1. The molecule has 1 aromatic rings. The quantitative estimate of drug-likeness (QED) is 0.565. The molecule has 0 bridgehead atoms. The van der Waals surface area contributed by atoms with Crippen molar-refractivity contribution in [1.82, 2.24) is 5.16 Å². The van der Waals surface area contributed by atoms with Gasteiger partial charge < -0.3 is 16.0 Å². The fourth-order valence-corrected chi connectivity index (χ4v) is 0.525. The van der Waals surface area contributed by atoms with Crippen LogP contribution < -0.4 is 11.5 Å². The molecule has 0 atom stereocenters. The van der Waals surface area contributed by atoms with Crippen molar-refractivity contribution in [3.05, 3.63) is 17.5 Å². The van der Waals surface area contributed by atoms with Gasteiger partial charge in [-0.3, -0.25) is 4.79 Å². The molecule has 0 aliphatic carbocycles. The van der Waals surface area contributed by atoms with E-state index in [2.05, 4.69) is 9.68 Å². The Balaban J connectivity index is 2.88. The van der Waals surface area contributed by atoms with Crippen molar-refractivity contribution in [2.45, 2.75) is 6.54 Å². The first-order valence-corrected chi connectivity index (χ1v) is 2.69. The smallest absolute Gasteiger partial charge is 0.270 e. The predicted octanol–water partition coefficient (Wildman–Crippen LogP) is -0.768. The SMILES string of the molecule is NCc1cc(C(N)=O)no1. The number of aromatic nitrogens is 1. The van der Waals surface area contributed by atoms with Crippen molar-refractivity contribution in [2.75, 3.05) is 0 Å². The van der Waals surface area contributed by atoms with Gasteiger partial charge in [0.15, 0.2) is 11.5 Å². The van der Waals surface area contributed by atoms with Crippen LogP contribution in [0.3, 0.4) is 0 Å². The minimum absolute atomic E-state index is 0.112. The summed E-state index contributed by atoms with van der Waals surface area (Å²) in [4.78, 5) is 10.4. The highest BCUT2D eigenvalue weighted by Crippen LogP contribution is 2.00. The molecule has 0 spiro atoms. The van der Waals surface area contributed by atoms with Crippen LogP contribution >= 0.6 is 0 Å². The lowest BCUT2D eigenvalue weighted by Gasteiger charge is -1.78. The van der Waals surface area contributed by atoms with Gasteiger partial charge in [0.1, 0.15) is 0 Å². The summed E-state index contributed by atoms with van der Waals surface area (Å²) in [6.07, 6.45) is 0. The highest BCUT2D eigenvalue weighted by atomic mass is 16.5. The Morgan fingerprint density at radius 1 is 1.80 bits per heavy atom. The Morgan fingerprint density at radius 3 is 2.80 bits per heavy atom. The molecule has 1 amide bonds. The number of rotatable bonds is 2. The molecular weight excluding hydrogens is 134 g/mol. The van der Waals surface area contributed by atoms with Gasteiger partial charge in [-0.15, -0.1) is 0 Å². The molecule has 5 nitrogen and oxygen atoms in total. The lowest BCUT2D eigenvalue weighted by Crippen LogP contribution is -2.10. The first kappa shape index (κ1) is 6.76. The maximum Gasteiger partial charge on any atom is 0.270 e. The third-order valence-corrected chi connectivity index (χ3v) is 1.01. The third kappa shape index (κ3) is 1.14. The molecule has 1 heterocycles. The van der Waals surface area contributed by atoms with Gasteiger partial charge in [-0.05, 0) is 0 Å². The molecule has 0 saturated heterocycles. The fraction of sp³-hybridized carbons (Fsp3) is 0.200. The standard InChI is InChI=1S/C5H7N3O2/c6-2-3-1-4(5(7)9)8-10-3/h1H,2,6H2,(H2,7,9). The molecule has 0 saturated carbocycles. The van der Waals surface area contributed by atoms with Crippen LogP contribution in [0, 0.1) is 0 Å². The van der Waals surface area contributed by atoms with Crippen molar-refractivity contribution in [1.29, 1.82) is 0 Å². The maximum atomic E-state index is 10.4. The Morgan fingerprint density at radius 2 is 2.50 bits per heavy atom. The first-order valence-electron chi connectivity index (χ1n) is 2.69. The number of primary amides is 1. The van der Waals surface area contributed by atoms with Crippen LogP contribution in [0.15, 0.2) is 10.6 Å². The van der Waals surface area contributed by atoms with E-state index in [0.29, 0.717) is 5.76 Å². The van der Waals surface area contributed by atoms with Crippen molar-refractivity contribution < 1.29 is 9.32 Å². The number of nitrogens with two attached hydrogens (primary N) is 2. The van der Waals surface area contributed by atoms with E-state index in [0.717, 1.165) is 0 Å². The van der Waals surface area contributed by atoms with E-state index < -0.39 is 5.91 Å². The molecule has 5 heteroatoms. The second-order valence-corrected chi connectivity index (χ2v) is 1.75. The van der Waals surface area contributed by atoms with E-state index in [1.165, 1.54) is 6.07 Å². The molecule has 1 aromatic heterocycles. The normalized spacial score (nSPS) is 9.70. The summed E-state index contributed by atoms with van der Waals surface area (Å²) in [7, 11) is 0. The number of hydrogen-bond donors (Lipinski definition) is 2. The second kappa shape index (κ2) is 2.49. The molecule has 0 radical (unpaired) electrons. The molecule has 0 aliphatic rings. The number of nitrogens with zero attached hydrogens (tertiary/aromatic N) is 1. The summed E-state index contributed by atoms with van der Waals surface area (Å²) >= 11 is 0. The minimum atomic E-state index is -0.608. The zero-order chi connectivity index (χ0) is 7.56. The Kier molecular flexibility index (Phi) is 1.68. The fourth-order valence-electron chi connectivity index (χ4n) is 0.525. The van der Waals surface area contributed by atoms with E-state index >= 15 is 0 Å². The predicted molar refractivity (Wildman–Crippen MR) is 32.9 cm³/mol. The highest BCUT2D eigenvalue weighted by molar-refractivity contribution is 5.90. The van der Waals surface area contributed by atoms with Crippen LogP contribution in [0.1, 0.15) is 16.2 Å². The maximum absolute atomic E-state index is 10.4. The highest BCUT2D eigenvalue weighted by Gasteiger charge is 2.06. The van der Waals surface area contributed by atoms with Crippen molar-refractivity contribution >= 4 is 5.91 Å². The topological polar surface area (TPSA) is 95.1 Å². The summed E-state index contributed by atoms with van der Waals surface area (Å²) in [5.74, 6) is -0.155. The summed E-state index contributed by atoms with van der Waals surface area (Å²) in [5, 5.41) is 3.36. The monoisotopic (exact) mass is 141 g/mol. The van der Waals surface area contributed by atoms with Gasteiger partial charge in [-0.1, -0.05) is 5.16 Å². The van der Waals surface area contributed by atoms with Crippen molar-refractivity contribution in [3.63, 3.8) is 0 Å². The Hall–Kier alpha value is -1.36. The number of amides is 1. The van der Waals surface area contributed by atoms with Crippen LogP contribution in [-0.4, -0.2) is 11.1 Å². The first-order chi connectivity index (χ1) is 4.74. The van der Waals surface area contributed by atoms with E-state index in [1.807, 2.05) is 0 Å². The molecule has 0 fully saturated rings. The van der Waals surface area contributed by atoms with Crippen molar-refractivity contribution in [3.8, 4) is 0 Å². The van der Waals surface area contributed by atoms with Crippen LogP contribution in [0.5, 0.6) is 0 Å². The zero-order valence-electron chi connectivity index (χ0n) is 5.20. The van der Waals surface area contributed by atoms with Gasteiger partial charge in [0.2, 0.25) is 0 Å². The van der Waals surface area contributed by atoms with Gasteiger partial charge in [-0.25, -0.2) is 0 Å². The molecular formula is C5H7N3O2. The number of hydrogen-bond acceptors (Lipinski definition) is 4. The molecule has 0 aromatic carbocycles. The summed E-state index contributed by atoms with van der Waals surface area (Å²) < 4.78 is 4.60. The summed E-state index contributed by atoms with van der Waals surface area (Å²) in [5.41, 5.74) is 10.2. The average molecular weight is 141 g/mol. The molecule has 0 aliphatic heterocycles. The third-order valence-electron chi connectivity index (χ3n) is 1.01. The number of carbonyl (C=O) groups is 1.